The Morgan fingerprint density at radius 3 is 1.92 bits per heavy atom. The van der Waals surface area contributed by atoms with Gasteiger partial charge in [0.25, 0.3) is 0 Å². The Morgan fingerprint density at radius 2 is 1.46 bits per heavy atom. The summed E-state index contributed by atoms with van der Waals surface area (Å²) in [6.45, 7) is 10.9. The first-order valence-electron chi connectivity index (χ1n) is 8.99. The topological polar surface area (TPSA) is 72.8 Å². The molecule has 0 spiro atoms. The standard InChI is InChI=1S/C19H34O5/c1-17(2,3)23-15(20)11-10-14(16(21)24-18(4,5)6)19(22)12-8-7-9-13-19/h14,22H,7-13H2,1-6H3/t14-/m0/s1. The largest absolute Gasteiger partial charge is 0.460 e. The number of rotatable bonds is 5. The van der Waals surface area contributed by atoms with Crippen LogP contribution in [0.5, 0.6) is 0 Å². The van der Waals surface area contributed by atoms with Crippen molar-refractivity contribution >= 4 is 11.9 Å². The lowest BCUT2D eigenvalue weighted by Gasteiger charge is -2.39. The number of carbonyl (C=O) groups is 2. The quantitative estimate of drug-likeness (QED) is 0.770. The van der Waals surface area contributed by atoms with Crippen LogP contribution in [0.15, 0.2) is 0 Å². The van der Waals surface area contributed by atoms with Gasteiger partial charge in [-0.1, -0.05) is 19.3 Å². The minimum atomic E-state index is -1.08. The molecular formula is C19H34O5. The van der Waals surface area contributed by atoms with Crippen LogP contribution in [0.3, 0.4) is 0 Å². The second-order valence-corrected chi connectivity index (χ2v) is 8.88. The molecule has 24 heavy (non-hydrogen) atoms. The van der Waals surface area contributed by atoms with Crippen LogP contribution in [0.2, 0.25) is 0 Å². The molecule has 1 rings (SSSR count). The highest BCUT2D eigenvalue weighted by atomic mass is 16.6. The molecule has 0 aromatic carbocycles. The molecule has 1 aliphatic rings. The zero-order valence-electron chi connectivity index (χ0n) is 16.1. The van der Waals surface area contributed by atoms with E-state index >= 15 is 0 Å². The van der Waals surface area contributed by atoms with Crippen molar-refractivity contribution in [3.05, 3.63) is 0 Å². The molecule has 0 radical (unpaired) electrons. The Kier molecular flexibility index (Phi) is 6.85. The highest BCUT2D eigenvalue weighted by Crippen LogP contribution is 2.38. The third-order valence-electron chi connectivity index (χ3n) is 4.12. The first kappa shape index (κ1) is 20.9. The van der Waals surface area contributed by atoms with E-state index in [0.29, 0.717) is 12.8 Å². The maximum absolute atomic E-state index is 12.6. The second kappa shape index (κ2) is 7.85. The van der Waals surface area contributed by atoms with E-state index in [1.807, 2.05) is 20.8 Å². The van der Waals surface area contributed by atoms with Gasteiger partial charge in [0.1, 0.15) is 11.2 Å². The number of esters is 2. The Labute approximate surface area is 146 Å². The lowest BCUT2D eigenvalue weighted by molar-refractivity contribution is -0.174. The zero-order chi connectivity index (χ0) is 18.6. The molecule has 1 atom stereocenters. The van der Waals surface area contributed by atoms with Crippen molar-refractivity contribution in [3.8, 4) is 0 Å². The molecule has 140 valence electrons. The fourth-order valence-corrected chi connectivity index (χ4v) is 3.15. The summed E-state index contributed by atoms with van der Waals surface area (Å²) in [5.41, 5.74) is -2.25. The van der Waals surface area contributed by atoms with Crippen molar-refractivity contribution in [2.45, 2.75) is 103 Å². The van der Waals surface area contributed by atoms with Gasteiger partial charge in [-0.2, -0.15) is 0 Å². The molecule has 0 bridgehead atoms. The molecule has 5 heteroatoms. The van der Waals surface area contributed by atoms with Crippen LogP contribution in [0.4, 0.5) is 0 Å². The summed E-state index contributed by atoms with van der Waals surface area (Å²) in [7, 11) is 0. The third-order valence-corrected chi connectivity index (χ3v) is 4.12. The Balaban J connectivity index is 2.81. The van der Waals surface area contributed by atoms with Crippen LogP contribution in [0, 0.1) is 5.92 Å². The van der Waals surface area contributed by atoms with Crippen molar-refractivity contribution in [1.82, 2.24) is 0 Å². The molecule has 0 unspecified atom stereocenters. The summed E-state index contributed by atoms with van der Waals surface area (Å²) in [6.07, 6.45) is 4.35. The van der Waals surface area contributed by atoms with E-state index in [1.165, 1.54) is 0 Å². The van der Waals surface area contributed by atoms with Gasteiger partial charge in [0.15, 0.2) is 0 Å². The van der Waals surface area contributed by atoms with Crippen LogP contribution in [-0.4, -0.2) is 33.8 Å². The molecule has 0 aromatic rings. The average Bonchev–Trinajstić information content (AvgIpc) is 2.34. The van der Waals surface area contributed by atoms with Gasteiger partial charge in [-0.25, -0.2) is 0 Å². The normalized spacial score (nSPS) is 19.5. The lowest BCUT2D eigenvalue weighted by Crippen LogP contribution is -2.46. The van der Waals surface area contributed by atoms with Gasteiger partial charge in [0, 0.05) is 6.42 Å². The van der Waals surface area contributed by atoms with Gasteiger partial charge in [-0.15, -0.1) is 0 Å². The molecule has 0 saturated heterocycles. The molecule has 1 saturated carbocycles. The van der Waals surface area contributed by atoms with Crippen LogP contribution >= 0.6 is 0 Å². The highest BCUT2D eigenvalue weighted by molar-refractivity contribution is 5.76. The molecule has 1 aliphatic carbocycles. The van der Waals surface area contributed by atoms with E-state index in [4.69, 9.17) is 9.47 Å². The van der Waals surface area contributed by atoms with Crippen LogP contribution < -0.4 is 0 Å². The SMILES string of the molecule is CC(C)(C)OC(=O)CC[C@@H](C(=O)OC(C)(C)C)C1(O)CCCCC1. The summed E-state index contributed by atoms with van der Waals surface area (Å²) in [4.78, 5) is 24.6. The van der Waals surface area contributed by atoms with E-state index < -0.39 is 28.7 Å². The van der Waals surface area contributed by atoms with E-state index in [-0.39, 0.29) is 18.8 Å². The first-order valence-corrected chi connectivity index (χ1v) is 8.99. The number of hydrogen-bond acceptors (Lipinski definition) is 5. The van der Waals surface area contributed by atoms with Gasteiger partial charge < -0.3 is 14.6 Å². The Bertz CT molecular complexity index is 436. The average molecular weight is 342 g/mol. The smallest absolute Gasteiger partial charge is 0.312 e. The predicted molar refractivity (Wildman–Crippen MR) is 92.4 cm³/mol. The van der Waals surface area contributed by atoms with Crippen molar-refractivity contribution in [2.75, 3.05) is 0 Å². The van der Waals surface area contributed by atoms with Crippen LogP contribution in [0.25, 0.3) is 0 Å². The van der Waals surface area contributed by atoms with E-state index in [2.05, 4.69) is 0 Å². The fraction of sp³-hybridized carbons (Fsp3) is 0.895. The second-order valence-electron chi connectivity index (χ2n) is 8.88. The summed E-state index contributed by atoms with van der Waals surface area (Å²) in [5, 5.41) is 11.0. The lowest BCUT2D eigenvalue weighted by atomic mass is 9.74. The molecule has 5 nitrogen and oxygen atoms in total. The number of hydrogen-bond donors (Lipinski definition) is 1. The molecule has 0 aromatic heterocycles. The molecule has 0 amide bonds. The molecule has 0 heterocycles. The first-order chi connectivity index (χ1) is 10.8. The van der Waals surface area contributed by atoms with Crippen molar-refractivity contribution in [2.24, 2.45) is 5.92 Å². The zero-order valence-corrected chi connectivity index (χ0v) is 16.1. The molecule has 0 aliphatic heterocycles. The van der Waals surface area contributed by atoms with E-state index in [1.54, 1.807) is 20.8 Å². The number of ether oxygens (including phenoxy) is 2. The summed E-state index contributed by atoms with van der Waals surface area (Å²) in [6, 6.07) is 0. The monoisotopic (exact) mass is 342 g/mol. The van der Waals surface area contributed by atoms with Gasteiger partial charge in [0.05, 0.1) is 11.5 Å². The van der Waals surface area contributed by atoms with E-state index in [9.17, 15) is 14.7 Å². The van der Waals surface area contributed by atoms with Gasteiger partial charge >= 0.3 is 11.9 Å². The predicted octanol–water partition coefficient (Wildman–Crippen LogP) is 3.76. The van der Waals surface area contributed by atoms with Gasteiger partial charge in [0.2, 0.25) is 0 Å². The number of aliphatic hydroxyl groups is 1. The molecule has 1 N–H and O–H groups in total. The van der Waals surface area contributed by atoms with Crippen LogP contribution in [0.1, 0.15) is 86.5 Å². The van der Waals surface area contributed by atoms with Gasteiger partial charge in [-0.3, -0.25) is 9.59 Å². The Morgan fingerprint density at radius 1 is 0.958 bits per heavy atom. The van der Waals surface area contributed by atoms with Crippen LogP contribution in [-0.2, 0) is 19.1 Å². The summed E-state index contributed by atoms with van der Waals surface area (Å²) in [5.74, 6) is -1.46. The maximum Gasteiger partial charge on any atom is 0.312 e. The number of carbonyl (C=O) groups excluding carboxylic acids is 2. The fourth-order valence-electron chi connectivity index (χ4n) is 3.15. The highest BCUT2D eigenvalue weighted by Gasteiger charge is 2.44. The van der Waals surface area contributed by atoms with E-state index in [0.717, 1.165) is 19.3 Å². The third kappa shape index (κ3) is 7.20. The van der Waals surface area contributed by atoms with Crippen molar-refractivity contribution in [1.29, 1.82) is 0 Å². The van der Waals surface area contributed by atoms with Gasteiger partial charge in [-0.05, 0) is 60.8 Å². The van der Waals surface area contributed by atoms with Crippen molar-refractivity contribution in [3.63, 3.8) is 0 Å². The molecule has 1 fully saturated rings. The Hall–Kier alpha value is -1.10. The van der Waals surface area contributed by atoms with Crippen molar-refractivity contribution < 1.29 is 24.2 Å². The minimum absolute atomic E-state index is 0.101. The minimum Gasteiger partial charge on any atom is -0.460 e. The summed E-state index contributed by atoms with van der Waals surface area (Å²) >= 11 is 0. The summed E-state index contributed by atoms with van der Waals surface area (Å²) < 4.78 is 10.8. The maximum atomic E-state index is 12.6. The molecular weight excluding hydrogens is 308 g/mol.